The molecule has 0 aliphatic heterocycles. The Kier molecular flexibility index (Phi) is 6.09. The summed E-state index contributed by atoms with van der Waals surface area (Å²) in [6.45, 7) is 0. The van der Waals surface area contributed by atoms with E-state index in [-0.39, 0.29) is 0 Å². The van der Waals surface area contributed by atoms with Crippen LogP contribution in [0.5, 0.6) is 0 Å². The van der Waals surface area contributed by atoms with Crippen LogP contribution in [0.1, 0.15) is 0 Å². The number of para-hydroxylation sites is 3. The van der Waals surface area contributed by atoms with Crippen molar-refractivity contribution in [1.82, 2.24) is 19.1 Å². The summed E-state index contributed by atoms with van der Waals surface area (Å²) in [5.41, 5.74) is 9.55. The molecule has 0 spiro atoms. The number of hydrogen-bond acceptors (Lipinski definition) is 3. The summed E-state index contributed by atoms with van der Waals surface area (Å²) in [5, 5.41) is 7.38. The van der Waals surface area contributed by atoms with Crippen molar-refractivity contribution in [2.45, 2.75) is 0 Å². The Hall–Kier alpha value is -6.56. The molecule has 0 aliphatic rings. The number of hydrogen-bond donors (Lipinski definition) is 0. The third kappa shape index (κ3) is 4.25. The zero-order valence-corrected chi connectivity index (χ0v) is 28.2. The molecule has 0 saturated carbocycles. The van der Waals surface area contributed by atoms with Crippen molar-refractivity contribution in [3.8, 4) is 34.2 Å². The van der Waals surface area contributed by atoms with Crippen LogP contribution in [0.4, 0.5) is 0 Å². The highest BCUT2D eigenvalue weighted by atomic mass is 32.1. The molecule has 4 heterocycles. The first-order chi connectivity index (χ1) is 25.3. The van der Waals surface area contributed by atoms with Crippen molar-refractivity contribution in [3.05, 3.63) is 170 Å². The molecule has 4 nitrogen and oxygen atoms in total. The Morgan fingerprint density at radius 1 is 0.392 bits per heavy atom. The van der Waals surface area contributed by atoms with Gasteiger partial charge in [-0.1, -0.05) is 121 Å². The smallest absolute Gasteiger partial charge is 0.235 e. The van der Waals surface area contributed by atoms with Gasteiger partial charge < -0.3 is 4.57 Å². The van der Waals surface area contributed by atoms with Gasteiger partial charge in [0.2, 0.25) is 5.95 Å². The summed E-state index contributed by atoms with van der Waals surface area (Å²) in [5.74, 6) is 0.649. The minimum absolute atomic E-state index is 0.649. The first kappa shape index (κ1) is 28.3. The van der Waals surface area contributed by atoms with Crippen LogP contribution in [0.15, 0.2) is 170 Å². The first-order valence-electron chi connectivity index (χ1n) is 17.2. The normalized spacial score (nSPS) is 11.9. The third-order valence-electron chi connectivity index (χ3n) is 10.1. The molecule has 51 heavy (non-hydrogen) atoms. The number of benzene rings is 7. The maximum atomic E-state index is 5.39. The van der Waals surface area contributed by atoms with E-state index in [1.165, 1.54) is 52.8 Å². The van der Waals surface area contributed by atoms with E-state index < -0.39 is 0 Å². The maximum absolute atomic E-state index is 5.39. The first-order valence-corrected chi connectivity index (χ1v) is 18.0. The summed E-state index contributed by atoms with van der Waals surface area (Å²) in [7, 11) is 0. The quantitative estimate of drug-likeness (QED) is 0.187. The van der Waals surface area contributed by atoms with E-state index in [4.69, 9.17) is 9.97 Å². The molecule has 5 heteroatoms. The molecule has 11 rings (SSSR count). The van der Waals surface area contributed by atoms with Crippen LogP contribution < -0.4 is 0 Å². The van der Waals surface area contributed by atoms with E-state index in [0.717, 1.165) is 39.2 Å². The molecule has 238 valence electrons. The second-order valence-electron chi connectivity index (χ2n) is 13.0. The van der Waals surface area contributed by atoms with E-state index in [2.05, 4.69) is 173 Å². The van der Waals surface area contributed by atoms with Gasteiger partial charge in [0.15, 0.2) is 0 Å². The average molecular weight is 669 g/mol. The van der Waals surface area contributed by atoms with Crippen molar-refractivity contribution in [2.24, 2.45) is 0 Å². The van der Waals surface area contributed by atoms with Crippen LogP contribution in [0.25, 0.3) is 97.9 Å². The minimum atomic E-state index is 0.649. The van der Waals surface area contributed by atoms with Crippen molar-refractivity contribution >= 4 is 75.1 Å². The Morgan fingerprint density at radius 2 is 1.00 bits per heavy atom. The molecular formula is C46H28N4S. The van der Waals surface area contributed by atoms with Gasteiger partial charge in [-0.05, 0) is 48.5 Å². The maximum Gasteiger partial charge on any atom is 0.235 e. The lowest BCUT2D eigenvalue weighted by Gasteiger charge is -2.12. The largest absolute Gasteiger partial charge is 0.309 e. The van der Waals surface area contributed by atoms with Crippen molar-refractivity contribution < 1.29 is 0 Å². The van der Waals surface area contributed by atoms with Gasteiger partial charge in [-0.2, -0.15) is 0 Å². The summed E-state index contributed by atoms with van der Waals surface area (Å²) in [4.78, 5) is 10.7. The molecule has 0 N–H and O–H groups in total. The van der Waals surface area contributed by atoms with Crippen LogP contribution in [-0.4, -0.2) is 19.1 Å². The molecule has 0 aliphatic carbocycles. The molecule has 0 amide bonds. The van der Waals surface area contributed by atoms with Crippen LogP contribution in [-0.2, 0) is 0 Å². The van der Waals surface area contributed by atoms with E-state index in [9.17, 15) is 0 Å². The second-order valence-corrected chi connectivity index (χ2v) is 14.1. The van der Waals surface area contributed by atoms with Crippen LogP contribution >= 0.6 is 11.3 Å². The Morgan fingerprint density at radius 3 is 1.80 bits per heavy atom. The van der Waals surface area contributed by atoms with Gasteiger partial charge in [-0.3, -0.25) is 4.57 Å². The standard InChI is InChI=1S/C46H28N4S/c1-3-13-29(14-4-1)37-28-38(30-23-24-34-33-18-9-12-22-42(33)51-43(34)27-30)48-46(47-37)50-40-21-11-8-19-36(40)44-41(50)26-25-35-32-17-7-10-20-39(32)49(45(35)44)31-15-5-2-6-16-31/h1-28H. The SMILES string of the molecule is c1ccc(-c2cc(-c3ccc4c(c3)sc3ccccc34)nc(-n3c4ccccc4c4c3ccc3c5ccccc5n(-c5ccccc5)c34)n2)cc1. The summed E-state index contributed by atoms with van der Waals surface area (Å²) in [6, 6.07) is 60.5. The summed E-state index contributed by atoms with van der Waals surface area (Å²) in [6.07, 6.45) is 0. The summed E-state index contributed by atoms with van der Waals surface area (Å²) < 4.78 is 7.22. The van der Waals surface area contributed by atoms with Crippen LogP contribution in [0, 0.1) is 0 Å². The van der Waals surface area contributed by atoms with E-state index in [0.29, 0.717) is 5.95 Å². The number of fused-ring (bicyclic) bond motifs is 10. The molecule has 0 fully saturated rings. The van der Waals surface area contributed by atoms with Gasteiger partial charge in [0, 0.05) is 58.5 Å². The Bertz CT molecular complexity index is 3130. The number of nitrogens with zero attached hydrogens (tertiary/aromatic N) is 4. The minimum Gasteiger partial charge on any atom is -0.309 e. The van der Waals surface area contributed by atoms with Crippen molar-refractivity contribution in [1.29, 1.82) is 0 Å². The summed E-state index contributed by atoms with van der Waals surface area (Å²) >= 11 is 1.83. The lowest BCUT2D eigenvalue weighted by molar-refractivity contribution is 0.996. The molecule has 11 aromatic rings. The highest BCUT2D eigenvalue weighted by molar-refractivity contribution is 7.25. The average Bonchev–Trinajstić information content (AvgIpc) is 3.86. The fraction of sp³-hybridized carbons (Fsp3) is 0. The Labute approximate surface area is 297 Å². The molecule has 0 atom stereocenters. The van der Waals surface area contributed by atoms with Crippen molar-refractivity contribution in [3.63, 3.8) is 0 Å². The van der Waals surface area contributed by atoms with Crippen molar-refractivity contribution in [2.75, 3.05) is 0 Å². The van der Waals surface area contributed by atoms with E-state index in [1.807, 2.05) is 17.4 Å². The zero-order valence-electron chi connectivity index (χ0n) is 27.4. The van der Waals surface area contributed by atoms with Gasteiger partial charge in [-0.15, -0.1) is 11.3 Å². The fourth-order valence-corrected chi connectivity index (χ4v) is 9.04. The molecule has 0 unspecified atom stereocenters. The Balaban J connectivity index is 1.23. The third-order valence-corrected chi connectivity index (χ3v) is 11.3. The predicted molar refractivity (Wildman–Crippen MR) is 214 cm³/mol. The highest BCUT2D eigenvalue weighted by Crippen LogP contribution is 2.42. The molecule has 0 radical (unpaired) electrons. The van der Waals surface area contributed by atoms with E-state index >= 15 is 0 Å². The monoisotopic (exact) mass is 668 g/mol. The van der Waals surface area contributed by atoms with Gasteiger partial charge in [-0.25, -0.2) is 9.97 Å². The molecule has 4 aromatic heterocycles. The van der Waals surface area contributed by atoms with Gasteiger partial charge in [0.25, 0.3) is 0 Å². The van der Waals surface area contributed by atoms with Crippen LogP contribution in [0.3, 0.4) is 0 Å². The molecule has 7 aromatic carbocycles. The second kappa shape index (κ2) is 11.0. The highest BCUT2D eigenvalue weighted by Gasteiger charge is 2.22. The lowest BCUT2D eigenvalue weighted by atomic mass is 10.1. The lowest BCUT2D eigenvalue weighted by Crippen LogP contribution is -2.04. The van der Waals surface area contributed by atoms with Gasteiger partial charge in [0.1, 0.15) is 0 Å². The van der Waals surface area contributed by atoms with E-state index in [1.54, 1.807) is 0 Å². The molecular weight excluding hydrogens is 641 g/mol. The topological polar surface area (TPSA) is 35.6 Å². The molecule has 0 bridgehead atoms. The number of rotatable bonds is 4. The molecule has 0 saturated heterocycles. The predicted octanol–water partition coefficient (Wildman–Crippen LogP) is 12.4. The van der Waals surface area contributed by atoms with Gasteiger partial charge >= 0.3 is 0 Å². The van der Waals surface area contributed by atoms with Gasteiger partial charge in [0.05, 0.1) is 33.5 Å². The fourth-order valence-electron chi connectivity index (χ4n) is 7.89. The van der Waals surface area contributed by atoms with Crippen LogP contribution in [0.2, 0.25) is 0 Å². The zero-order chi connectivity index (χ0) is 33.5. The number of thiophene rings is 1. The number of aromatic nitrogens is 4.